The first-order valence-electron chi connectivity index (χ1n) is 5.65. The van der Waals surface area contributed by atoms with Crippen molar-refractivity contribution < 1.29 is 0 Å². The van der Waals surface area contributed by atoms with Gasteiger partial charge >= 0.3 is 0 Å². The Morgan fingerprint density at radius 2 is 2.00 bits per heavy atom. The number of rotatable bonds is 5. The van der Waals surface area contributed by atoms with E-state index >= 15 is 0 Å². The van der Waals surface area contributed by atoms with E-state index in [1.165, 1.54) is 10.5 Å². The van der Waals surface area contributed by atoms with Gasteiger partial charge in [0.15, 0.2) is 0 Å². The molecule has 1 aromatic carbocycles. The third-order valence-electron chi connectivity index (χ3n) is 2.68. The van der Waals surface area contributed by atoms with Crippen LogP contribution in [0.1, 0.15) is 26.3 Å². The Kier molecular flexibility index (Phi) is 5.67. The molecule has 1 nitrogen and oxygen atoms in total. The van der Waals surface area contributed by atoms with Crippen molar-refractivity contribution in [2.24, 2.45) is 5.92 Å². The van der Waals surface area contributed by atoms with Gasteiger partial charge in [-0.1, -0.05) is 38.4 Å². The third kappa shape index (κ3) is 3.69. The van der Waals surface area contributed by atoms with E-state index in [1.54, 1.807) is 0 Å². The summed E-state index contributed by atoms with van der Waals surface area (Å²) in [6.07, 6.45) is 0. The molecule has 0 aromatic heterocycles. The fourth-order valence-corrected chi connectivity index (χ4v) is 2.79. The molecular formula is C13H20ClNS. The van der Waals surface area contributed by atoms with E-state index in [4.69, 9.17) is 11.6 Å². The molecule has 0 saturated carbocycles. The van der Waals surface area contributed by atoms with Gasteiger partial charge in [-0.3, -0.25) is 0 Å². The van der Waals surface area contributed by atoms with Gasteiger partial charge in [-0.15, -0.1) is 11.8 Å². The molecule has 1 aromatic rings. The van der Waals surface area contributed by atoms with Crippen LogP contribution in [-0.4, -0.2) is 12.3 Å². The lowest BCUT2D eigenvalue weighted by molar-refractivity contribution is 0.642. The highest BCUT2D eigenvalue weighted by molar-refractivity contribution is 8.00. The van der Waals surface area contributed by atoms with Crippen molar-refractivity contribution in [1.29, 1.82) is 0 Å². The van der Waals surface area contributed by atoms with Crippen molar-refractivity contribution in [2.45, 2.75) is 37.5 Å². The fourth-order valence-electron chi connectivity index (χ4n) is 1.33. The predicted octanol–water partition coefficient (Wildman–Crippen LogP) is 4.20. The average Bonchev–Trinajstić information content (AvgIpc) is 2.23. The molecule has 0 aliphatic rings. The summed E-state index contributed by atoms with van der Waals surface area (Å²) in [5.74, 6) is 0.673. The minimum atomic E-state index is 0.606. The van der Waals surface area contributed by atoms with Gasteiger partial charge in [0.05, 0.1) is 0 Å². The lowest BCUT2D eigenvalue weighted by Gasteiger charge is -2.18. The SMILES string of the molecule is CNCc1c(Cl)cccc1SC(C)C(C)C. The van der Waals surface area contributed by atoms with E-state index in [0.717, 1.165) is 11.6 Å². The molecule has 0 aliphatic carbocycles. The molecule has 0 aliphatic heterocycles. The van der Waals surface area contributed by atoms with Crippen LogP contribution < -0.4 is 5.32 Å². The van der Waals surface area contributed by atoms with Crippen molar-refractivity contribution >= 4 is 23.4 Å². The van der Waals surface area contributed by atoms with Crippen LogP contribution >= 0.6 is 23.4 Å². The summed E-state index contributed by atoms with van der Waals surface area (Å²) in [5, 5.41) is 4.63. The molecule has 16 heavy (non-hydrogen) atoms. The van der Waals surface area contributed by atoms with Crippen molar-refractivity contribution in [2.75, 3.05) is 7.05 Å². The largest absolute Gasteiger partial charge is 0.316 e. The highest BCUT2D eigenvalue weighted by Gasteiger charge is 2.13. The van der Waals surface area contributed by atoms with Crippen LogP contribution in [0.15, 0.2) is 23.1 Å². The second kappa shape index (κ2) is 6.53. The molecule has 0 bridgehead atoms. The summed E-state index contributed by atoms with van der Waals surface area (Å²) >= 11 is 8.13. The van der Waals surface area contributed by atoms with Gasteiger partial charge in [0, 0.05) is 21.7 Å². The lowest BCUT2D eigenvalue weighted by Crippen LogP contribution is -2.09. The summed E-state index contributed by atoms with van der Waals surface area (Å²) in [7, 11) is 1.95. The highest BCUT2D eigenvalue weighted by atomic mass is 35.5. The number of hydrogen-bond donors (Lipinski definition) is 1. The van der Waals surface area contributed by atoms with E-state index < -0.39 is 0 Å². The van der Waals surface area contributed by atoms with Gasteiger partial charge < -0.3 is 5.32 Å². The molecule has 1 unspecified atom stereocenters. The Morgan fingerprint density at radius 3 is 2.56 bits per heavy atom. The summed E-state index contributed by atoms with van der Waals surface area (Å²) in [5.41, 5.74) is 1.21. The van der Waals surface area contributed by atoms with Crippen LogP contribution in [0.2, 0.25) is 5.02 Å². The Balaban J connectivity index is 2.90. The highest BCUT2D eigenvalue weighted by Crippen LogP contribution is 2.33. The van der Waals surface area contributed by atoms with Gasteiger partial charge in [0.1, 0.15) is 0 Å². The normalized spacial score (nSPS) is 13.1. The standard InChI is InChI=1S/C13H20ClNS/c1-9(2)10(3)16-13-7-5-6-12(14)11(13)8-15-4/h5-7,9-10,15H,8H2,1-4H3. The van der Waals surface area contributed by atoms with E-state index in [9.17, 15) is 0 Å². The number of halogens is 1. The molecule has 90 valence electrons. The first-order chi connectivity index (χ1) is 7.56. The average molecular weight is 258 g/mol. The first kappa shape index (κ1) is 13.9. The van der Waals surface area contributed by atoms with E-state index in [0.29, 0.717) is 11.2 Å². The molecule has 0 saturated heterocycles. The molecule has 1 rings (SSSR count). The van der Waals surface area contributed by atoms with Crippen LogP contribution in [0, 0.1) is 5.92 Å². The summed E-state index contributed by atoms with van der Waals surface area (Å²) in [4.78, 5) is 1.29. The maximum Gasteiger partial charge on any atom is 0.0462 e. The quantitative estimate of drug-likeness (QED) is 0.794. The van der Waals surface area contributed by atoms with E-state index in [1.807, 2.05) is 30.9 Å². The topological polar surface area (TPSA) is 12.0 Å². The predicted molar refractivity (Wildman–Crippen MR) is 74.4 cm³/mol. The monoisotopic (exact) mass is 257 g/mol. The smallest absolute Gasteiger partial charge is 0.0462 e. The van der Waals surface area contributed by atoms with E-state index in [-0.39, 0.29) is 0 Å². The number of benzene rings is 1. The third-order valence-corrected chi connectivity index (χ3v) is 4.59. The second-order valence-electron chi connectivity index (χ2n) is 4.31. The van der Waals surface area contributed by atoms with Gasteiger partial charge in [-0.25, -0.2) is 0 Å². The number of thioether (sulfide) groups is 1. The van der Waals surface area contributed by atoms with Crippen LogP contribution in [0.4, 0.5) is 0 Å². The fraction of sp³-hybridized carbons (Fsp3) is 0.538. The van der Waals surface area contributed by atoms with Crippen LogP contribution in [0.5, 0.6) is 0 Å². The molecule has 0 amide bonds. The van der Waals surface area contributed by atoms with Crippen LogP contribution in [-0.2, 0) is 6.54 Å². The van der Waals surface area contributed by atoms with Crippen molar-refractivity contribution in [3.8, 4) is 0 Å². The zero-order valence-electron chi connectivity index (χ0n) is 10.4. The Labute approximate surface area is 108 Å². The summed E-state index contributed by atoms with van der Waals surface area (Å²) in [6, 6.07) is 6.14. The molecule has 0 fully saturated rings. The Morgan fingerprint density at radius 1 is 1.31 bits per heavy atom. The van der Waals surface area contributed by atoms with Gasteiger partial charge in [0.25, 0.3) is 0 Å². The van der Waals surface area contributed by atoms with Crippen molar-refractivity contribution in [3.05, 3.63) is 28.8 Å². The van der Waals surface area contributed by atoms with Gasteiger partial charge in [-0.2, -0.15) is 0 Å². The zero-order valence-corrected chi connectivity index (χ0v) is 12.0. The maximum atomic E-state index is 6.22. The molecule has 3 heteroatoms. The lowest BCUT2D eigenvalue weighted by atomic mass is 10.2. The molecule has 0 spiro atoms. The number of hydrogen-bond acceptors (Lipinski definition) is 2. The van der Waals surface area contributed by atoms with Crippen molar-refractivity contribution in [3.63, 3.8) is 0 Å². The maximum absolute atomic E-state index is 6.22. The summed E-state index contributed by atoms with van der Waals surface area (Å²) in [6.45, 7) is 7.59. The minimum absolute atomic E-state index is 0.606. The van der Waals surface area contributed by atoms with Crippen LogP contribution in [0.25, 0.3) is 0 Å². The van der Waals surface area contributed by atoms with Crippen molar-refractivity contribution in [1.82, 2.24) is 5.32 Å². The van der Waals surface area contributed by atoms with Crippen LogP contribution in [0.3, 0.4) is 0 Å². The first-order valence-corrected chi connectivity index (χ1v) is 6.90. The Bertz CT molecular complexity index is 339. The van der Waals surface area contributed by atoms with E-state index in [2.05, 4.69) is 32.2 Å². The van der Waals surface area contributed by atoms with Gasteiger partial charge in [-0.05, 0) is 30.7 Å². The van der Waals surface area contributed by atoms with Gasteiger partial charge in [0.2, 0.25) is 0 Å². The number of nitrogens with one attached hydrogen (secondary N) is 1. The summed E-state index contributed by atoms with van der Waals surface area (Å²) < 4.78 is 0. The molecule has 1 atom stereocenters. The second-order valence-corrected chi connectivity index (χ2v) is 6.14. The minimum Gasteiger partial charge on any atom is -0.316 e. The molecule has 0 radical (unpaired) electrons. The zero-order chi connectivity index (χ0) is 12.1. The molecular weight excluding hydrogens is 238 g/mol. The molecule has 1 N–H and O–H groups in total. The molecule has 0 heterocycles. The Hall–Kier alpha value is -0.180.